The first-order valence-electron chi connectivity index (χ1n) is 16.7. The summed E-state index contributed by atoms with van der Waals surface area (Å²) in [6.45, 7) is 0. The van der Waals surface area contributed by atoms with Gasteiger partial charge in [0.15, 0.2) is 0 Å². The van der Waals surface area contributed by atoms with E-state index in [0.29, 0.717) is 0 Å². The van der Waals surface area contributed by atoms with E-state index in [2.05, 4.69) is 168 Å². The van der Waals surface area contributed by atoms with Crippen molar-refractivity contribution >= 4 is 81.7 Å². The van der Waals surface area contributed by atoms with Gasteiger partial charge in [-0.25, -0.2) is 9.97 Å². The number of para-hydroxylation sites is 3. The van der Waals surface area contributed by atoms with Gasteiger partial charge in [0, 0.05) is 16.2 Å². The van der Waals surface area contributed by atoms with Crippen molar-refractivity contribution in [2.75, 3.05) is 0 Å². The number of rotatable bonds is 2. The minimum absolute atomic E-state index is 0.938. The average molecular weight is 622 g/mol. The van der Waals surface area contributed by atoms with Crippen LogP contribution in [0.4, 0.5) is 0 Å². The molecule has 0 aliphatic carbocycles. The molecule has 0 spiro atoms. The molecule has 226 valence electrons. The Morgan fingerprint density at radius 1 is 0.327 bits per heavy atom. The second-order valence-electron chi connectivity index (χ2n) is 13.0. The monoisotopic (exact) mass is 621 g/mol. The molecule has 0 radical (unpaired) electrons. The molecule has 8 aromatic carbocycles. The maximum atomic E-state index is 5.25. The van der Waals surface area contributed by atoms with Crippen LogP contribution in [0.5, 0.6) is 0 Å². The number of benzene rings is 8. The molecule has 0 atom stereocenters. The molecule has 0 amide bonds. The fourth-order valence-electron chi connectivity index (χ4n) is 8.01. The first kappa shape index (κ1) is 26.5. The van der Waals surface area contributed by atoms with Crippen LogP contribution in [-0.2, 0) is 0 Å². The van der Waals surface area contributed by atoms with Gasteiger partial charge in [-0.2, -0.15) is 0 Å². The van der Waals surface area contributed by atoms with Crippen molar-refractivity contribution in [2.24, 2.45) is 0 Å². The second-order valence-corrected chi connectivity index (χ2v) is 13.0. The topological polar surface area (TPSA) is 30.2 Å². The molecule has 0 saturated carbocycles. The Hall–Kier alpha value is -6.58. The van der Waals surface area contributed by atoms with Gasteiger partial charge in [0.25, 0.3) is 0 Å². The lowest BCUT2D eigenvalue weighted by atomic mass is 9.91. The van der Waals surface area contributed by atoms with Crippen molar-refractivity contribution in [1.82, 2.24) is 14.4 Å². The van der Waals surface area contributed by atoms with Crippen LogP contribution < -0.4 is 0 Å². The highest BCUT2D eigenvalue weighted by atomic mass is 15.0. The zero-order valence-corrected chi connectivity index (χ0v) is 26.4. The predicted octanol–water partition coefficient (Wildman–Crippen LogP) is 12.1. The molecule has 3 heteroatoms. The summed E-state index contributed by atoms with van der Waals surface area (Å²) in [7, 11) is 0. The Kier molecular flexibility index (Phi) is 5.38. The molecule has 11 aromatic rings. The molecule has 0 unspecified atom stereocenters. The zero-order valence-electron chi connectivity index (χ0n) is 26.4. The lowest BCUT2D eigenvalue weighted by Gasteiger charge is -2.13. The van der Waals surface area contributed by atoms with Gasteiger partial charge in [0.2, 0.25) is 0 Å². The van der Waals surface area contributed by atoms with E-state index in [1.807, 2.05) is 0 Å². The van der Waals surface area contributed by atoms with E-state index >= 15 is 0 Å². The number of nitrogens with zero attached hydrogens (tertiary/aromatic N) is 3. The quantitative estimate of drug-likeness (QED) is 0.142. The minimum atomic E-state index is 0.938. The molecule has 0 aliphatic rings. The molecule has 3 nitrogen and oxygen atoms in total. The molecular weight excluding hydrogens is 595 g/mol. The fourth-order valence-corrected chi connectivity index (χ4v) is 8.01. The number of hydrogen-bond donors (Lipinski definition) is 0. The van der Waals surface area contributed by atoms with Crippen molar-refractivity contribution in [1.29, 1.82) is 0 Å². The van der Waals surface area contributed by atoms with E-state index in [4.69, 9.17) is 9.97 Å². The highest BCUT2D eigenvalue weighted by molar-refractivity contribution is 6.25. The summed E-state index contributed by atoms with van der Waals surface area (Å²) in [4.78, 5) is 10.4. The van der Waals surface area contributed by atoms with Gasteiger partial charge < -0.3 is 0 Å². The van der Waals surface area contributed by atoms with Crippen LogP contribution in [-0.4, -0.2) is 14.4 Å². The van der Waals surface area contributed by atoms with Crippen LogP contribution in [0.25, 0.3) is 104 Å². The number of fused-ring (bicyclic) bond motifs is 15. The maximum Gasteiger partial charge on any atom is 0.147 e. The van der Waals surface area contributed by atoms with Gasteiger partial charge in [0.1, 0.15) is 5.65 Å². The van der Waals surface area contributed by atoms with E-state index in [0.717, 1.165) is 55.0 Å². The Balaban J connectivity index is 1.13. The van der Waals surface area contributed by atoms with E-state index in [1.54, 1.807) is 0 Å². The molecule has 0 bridgehead atoms. The lowest BCUT2D eigenvalue weighted by molar-refractivity contribution is 1.31. The van der Waals surface area contributed by atoms with Crippen LogP contribution >= 0.6 is 0 Å². The highest BCUT2D eigenvalue weighted by Crippen LogP contribution is 2.39. The predicted molar refractivity (Wildman–Crippen MR) is 206 cm³/mol. The average Bonchev–Trinajstić information content (AvgIpc) is 3.57. The van der Waals surface area contributed by atoms with Gasteiger partial charge in [-0.05, 0) is 103 Å². The highest BCUT2D eigenvalue weighted by Gasteiger charge is 2.17. The van der Waals surface area contributed by atoms with Crippen LogP contribution in [0, 0.1) is 0 Å². The Morgan fingerprint density at radius 2 is 0.898 bits per heavy atom. The SMILES string of the molecule is c1cc(-c2ccc3c4ccccc4c4ccccc4c3c2)cc(-c2ccc3c(c2)c2nc4ccccc4cc2c2nc4ccccc4n32)c1. The second kappa shape index (κ2) is 9.96. The van der Waals surface area contributed by atoms with Crippen LogP contribution in [0.1, 0.15) is 0 Å². The summed E-state index contributed by atoms with van der Waals surface area (Å²) < 4.78 is 2.30. The Labute approximate surface area is 281 Å². The van der Waals surface area contributed by atoms with Crippen molar-refractivity contribution in [3.8, 4) is 22.3 Å². The Morgan fingerprint density at radius 3 is 1.65 bits per heavy atom. The van der Waals surface area contributed by atoms with E-state index < -0.39 is 0 Å². The molecular formula is C46H27N3. The van der Waals surface area contributed by atoms with Gasteiger partial charge in [-0.15, -0.1) is 0 Å². The smallest absolute Gasteiger partial charge is 0.147 e. The van der Waals surface area contributed by atoms with Crippen molar-refractivity contribution < 1.29 is 0 Å². The Bertz CT molecular complexity index is 3130. The third-order valence-corrected chi connectivity index (χ3v) is 10.3. The van der Waals surface area contributed by atoms with Crippen molar-refractivity contribution in [3.63, 3.8) is 0 Å². The summed E-state index contributed by atoms with van der Waals surface area (Å²) in [6, 6.07) is 59.2. The van der Waals surface area contributed by atoms with Crippen LogP contribution in [0.3, 0.4) is 0 Å². The number of pyridine rings is 2. The van der Waals surface area contributed by atoms with Gasteiger partial charge in [-0.1, -0.05) is 115 Å². The summed E-state index contributed by atoms with van der Waals surface area (Å²) in [5.74, 6) is 0. The molecule has 0 N–H and O–H groups in total. The van der Waals surface area contributed by atoms with Gasteiger partial charge in [-0.3, -0.25) is 4.40 Å². The third kappa shape index (κ3) is 3.84. The lowest BCUT2D eigenvalue weighted by Crippen LogP contribution is -1.94. The largest absolute Gasteiger partial charge is 0.292 e. The summed E-state index contributed by atoms with van der Waals surface area (Å²) in [5, 5.41) is 11.0. The molecule has 0 fully saturated rings. The third-order valence-electron chi connectivity index (χ3n) is 10.3. The van der Waals surface area contributed by atoms with Crippen LogP contribution in [0.15, 0.2) is 164 Å². The molecule has 3 aromatic heterocycles. The van der Waals surface area contributed by atoms with E-state index in [1.165, 1.54) is 49.0 Å². The molecule has 11 rings (SSSR count). The minimum Gasteiger partial charge on any atom is -0.292 e. The normalized spacial score (nSPS) is 12.1. The van der Waals surface area contributed by atoms with Gasteiger partial charge in [0.05, 0.1) is 27.6 Å². The van der Waals surface area contributed by atoms with Crippen molar-refractivity contribution in [3.05, 3.63) is 164 Å². The standard InChI is InChI=1S/C46H27N3/c1-6-17-41-32(10-1)27-40-45(47-41)39-26-31(21-23-43(39)49-44-19-8-7-18-42(44)48-46(40)49)29-12-9-11-28(24-29)30-20-22-37-35-15-3-2-13-33(35)34-14-4-5-16-36(34)38(37)25-30/h1-27H. The molecule has 0 saturated heterocycles. The molecule has 49 heavy (non-hydrogen) atoms. The zero-order chi connectivity index (χ0) is 32.1. The van der Waals surface area contributed by atoms with Gasteiger partial charge >= 0.3 is 0 Å². The first-order valence-corrected chi connectivity index (χ1v) is 16.7. The maximum absolute atomic E-state index is 5.25. The first-order chi connectivity index (χ1) is 24.3. The summed E-state index contributed by atoms with van der Waals surface area (Å²) in [5.41, 5.74) is 10.8. The molecule has 0 aliphatic heterocycles. The van der Waals surface area contributed by atoms with E-state index in [9.17, 15) is 0 Å². The summed E-state index contributed by atoms with van der Waals surface area (Å²) >= 11 is 0. The van der Waals surface area contributed by atoms with E-state index in [-0.39, 0.29) is 0 Å². The number of hydrogen-bond acceptors (Lipinski definition) is 2. The van der Waals surface area contributed by atoms with Crippen LogP contribution in [0.2, 0.25) is 0 Å². The number of aromatic nitrogens is 3. The fraction of sp³-hybridized carbons (Fsp3) is 0. The number of imidazole rings is 1. The van der Waals surface area contributed by atoms with Crippen molar-refractivity contribution in [2.45, 2.75) is 0 Å². The summed E-state index contributed by atoms with van der Waals surface area (Å²) in [6.07, 6.45) is 0. The molecule has 3 heterocycles.